The molecular weight excluding hydrogens is 346 g/mol. The van der Waals surface area contributed by atoms with Gasteiger partial charge in [-0.25, -0.2) is 0 Å². The third-order valence-electron chi connectivity index (χ3n) is 1.98. The highest BCUT2D eigenvalue weighted by Gasteiger charge is 2.08. The summed E-state index contributed by atoms with van der Waals surface area (Å²) in [6, 6.07) is 0. The van der Waals surface area contributed by atoms with Gasteiger partial charge in [-0.05, 0) is 13.0 Å². The van der Waals surface area contributed by atoms with Crippen molar-refractivity contribution in [3.63, 3.8) is 0 Å². The molecule has 1 aliphatic rings. The van der Waals surface area contributed by atoms with Gasteiger partial charge in [-0.1, -0.05) is 11.8 Å². The summed E-state index contributed by atoms with van der Waals surface area (Å²) < 4.78 is 5.24. The predicted molar refractivity (Wildman–Crippen MR) is 76.9 cm³/mol. The van der Waals surface area contributed by atoms with E-state index in [9.17, 15) is 0 Å². The average Bonchev–Trinajstić information content (AvgIpc) is 2.14. The summed E-state index contributed by atoms with van der Waals surface area (Å²) >= 11 is 1.42. The first kappa shape index (κ1) is 18.1. The van der Waals surface area contributed by atoms with Gasteiger partial charge in [0.2, 0.25) is 0 Å². The zero-order chi connectivity index (χ0) is 9.52. The zero-order valence-corrected chi connectivity index (χ0v) is 12.8. The van der Waals surface area contributed by atoms with Crippen molar-refractivity contribution in [1.82, 2.24) is 4.90 Å². The molecule has 15 heavy (non-hydrogen) atoms. The fourth-order valence-electron chi connectivity index (χ4n) is 1.30. The number of thioether (sulfide) groups is 1. The first-order chi connectivity index (χ1) is 6.29. The molecule has 92 valence electrons. The first-order valence-corrected chi connectivity index (χ1v) is 5.54. The van der Waals surface area contributed by atoms with Gasteiger partial charge in [-0.2, -0.15) is 0 Å². The summed E-state index contributed by atoms with van der Waals surface area (Å²) in [6.07, 6.45) is 1.10. The topological polar surface area (TPSA) is 62.3 Å². The minimum Gasteiger partial charge on any atom is -0.379 e. The van der Waals surface area contributed by atoms with E-state index in [1.54, 1.807) is 0 Å². The van der Waals surface area contributed by atoms with E-state index in [0.717, 1.165) is 45.0 Å². The molecule has 1 heterocycles. The van der Waals surface area contributed by atoms with Gasteiger partial charge in [0.1, 0.15) is 0 Å². The highest BCUT2D eigenvalue weighted by atomic mass is 79.9. The van der Waals surface area contributed by atoms with Crippen LogP contribution in [0.25, 0.3) is 0 Å². The molecule has 0 radical (unpaired) electrons. The second-order valence-electron chi connectivity index (χ2n) is 3.02. The maximum absolute atomic E-state index is 7.02. The maximum atomic E-state index is 7.02. The number of rotatable bonds is 4. The number of amidine groups is 1. The molecule has 0 aromatic rings. The lowest BCUT2D eigenvalue weighted by Gasteiger charge is -2.26. The molecule has 4 nitrogen and oxygen atoms in total. The van der Waals surface area contributed by atoms with Gasteiger partial charge in [0, 0.05) is 18.8 Å². The average molecular weight is 365 g/mol. The molecule has 1 fully saturated rings. The fraction of sp³-hybridized carbons (Fsp3) is 0.875. The van der Waals surface area contributed by atoms with E-state index in [2.05, 4.69) is 4.90 Å². The van der Waals surface area contributed by atoms with Crippen LogP contribution in [0.15, 0.2) is 0 Å². The maximum Gasteiger partial charge on any atom is 0.151 e. The zero-order valence-electron chi connectivity index (χ0n) is 8.61. The minimum absolute atomic E-state index is 0. The summed E-state index contributed by atoms with van der Waals surface area (Å²) in [4.78, 5) is 2.39. The Morgan fingerprint density at radius 3 is 2.47 bits per heavy atom. The van der Waals surface area contributed by atoms with Crippen LogP contribution < -0.4 is 5.73 Å². The Kier molecular flexibility index (Phi) is 13.5. The molecule has 3 N–H and O–H groups in total. The van der Waals surface area contributed by atoms with Gasteiger partial charge < -0.3 is 10.5 Å². The fourth-order valence-corrected chi connectivity index (χ4v) is 1.79. The van der Waals surface area contributed by atoms with E-state index in [1.807, 2.05) is 0 Å². The third-order valence-corrected chi connectivity index (χ3v) is 2.78. The van der Waals surface area contributed by atoms with Crippen LogP contribution in [-0.2, 0) is 4.74 Å². The van der Waals surface area contributed by atoms with Gasteiger partial charge >= 0.3 is 0 Å². The summed E-state index contributed by atoms with van der Waals surface area (Å²) in [5, 5.41) is 7.25. The largest absolute Gasteiger partial charge is 0.379 e. The number of nitrogens with two attached hydrogens (primary N) is 1. The van der Waals surface area contributed by atoms with Crippen molar-refractivity contribution in [2.45, 2.75) is 6.42 Å². The highest BCUT2D eigenvalue weighted by molar-refractivity contribution is 8.93. The van der Waals surface area contributed by atoms with Gasteiger partial charge in [0.25, 0.3) is 0 Å². The highest BCUT2D eigenvalue weighted by Crippen LogP contribution is 2.03. The van der Waals surface area contributed by atoms with Crippen LogP contribution >= 0.6 is 45.7 Å². The van der Waals surface area contributed by atoms with E-state index < -0.39 is 0 Å². The molecule has 0 atom stereocenters. The summed E-state index contributed by atoms with van der Waals surface area (Å²) in [6.45, 7) is 4.92. The number of halogens is 2. The molecule has 0 bridgehead atoms. The van der Waals surface area contributed by atoms with Crippen molar-refractivity contribution >= 4 is 50.9 Å². The number of hydrogen-bond acceptors (Lipinski definition) is 4. The van der Waals surface area contributed by atoms with Crippen LogP contribution in [0.4, 0.5) is 0 Å². The number of ether oxygens (including phenoxy) is 1. The molecule has 0 saturated carbocycles. The smallest absolute Gasteiger partial charge is 0.151 e. The molecule has 7 heteroatoms. The second-order valence-corrected chi connectivity index (χ2v) is 4.16. The molecule has 0 amide bonds. The van der Waals surface area contributed by atoms with Gasteiger partial charge in [-0.3, -0.25) is 10.3 Å². The monoisotopic (exact) mass is 363 g/mol. The molecule has 1 saturated heterocycles. The predicted octanol–water partition coefficient (Wildman–Crippen LogP) is 1.49. The molecule has 0 aliphatic carbocycles. The van der Waals surface area contributed by atoms with E-state index in [1.165, 1.54) is 11.8 Å². The number of nitrogens with zero attached hydrogens (tertiary/aromatic N) is 1. The van der Waals surface area contributed by atoms with Gasteiger partial charge in [-0.15, -0.1) is 34.0 Å². The SMILES string of the molecule is Br.Br.N=C(N)SCCCN1CCOCC1. The van der Waals surface area contributed by atoms with Crippen LogP contribution in [-0.4, -0.2) is 48.7 Å². The Bertz CT molecular complexity index is 168. The molecule has 0 aromatic carbocycles. The van der Waals surface area contributed by atoms with Crippen molar-refractivity contribution < 1.29 is 4.74 Å². The molecule has 0 aromatic heterocycles. The molecule has 1 rings (SSSR count). The Hall–Kier alpha value is 0.700. The lowest BCUT2D eigenvalue weighted by Crippen LogP contribution is -2.37. The molecular formula is C8H19Br2N3OS. The quantitative estimate of drug-likeness (QED) is 0.450. The standard InChI is InChI=1S/C8H17N3OS.2BrH/c9-8(10)13-7-1-2-11-3-5-12-6-4-11;;/h1-7H2,(H3,9,10);2*1H. The summed E-state index contributed by atoms with van der Waals surface area (Å²) in [7, 11) is 0. The van der Waals surface area contributed by atoms with Crippen molar-refractivity contribution in [2.24, 2.45) is 5.73 Å². The Balaban J connectivity index is 0. The Morgan fingerprint density at radius 1 is 1.33 bits per heavy atom. The first-order valence-electron chi connectivity index (χ1n) is 4.56. The lowest BCUT2D eigenvalue weighted by molar-refractivity contribution is 0.0381. The van der Waals surface area contributed by atoms with E-state index in [4.69, 9.17) is 15.9 Å². The molecule has 0 unspecified atom stereocenters. The van der Waals surface area contributed by atoms with Crippen molar-refractivity contribution in [2.75, 3.05) is 38.6 Å². The van der Waals surface area contributed by atoms with Crippen LogP contribution in [0.1, 0.15) is 6.42 Å². The van der Waals surface area contributed by atoms with E-state index >= 15 is 0 Å². The van der Waals surface area contributed by atoms with Gasteiger partial charge in [0.05, 0.1) is 13.2 Å². The summed E-state index contributed by atoms with van der Waals surface area (Å²) in [5.74, 6) is 0.951. The number of morpholine rings is 1. The molecule has 0 spiro atoms. The molecule has 1 aliphatic heterocycles. The Morgan fingerprint density at radius 2 is 1.93 bits per heavy atom. The van der Waals surface area contributed by atoms with Crippen LogP contribution in [0.3, 0.4) is 0 Å². The number of hydrogen-bond donors (Lipinski definition) is 2. The van der Waals surface area contributed by atoms with Crippen molar-refractivity contribution in [3.8, 4) is 0 Å². The van der Waals surface area contributed by atoms with Crippen molar-refractivity contribution in [3.05, 3.63) is 0 Å². The van der Waals surface area contributed by atoms with Crippen LogP contribution in [0.5, 0.6) is 0 Å². The number of nitrogens with one attached hydrogen (secondary N) is 1. The van der Waals surface area contributed by atoms with Crippen LogP contribution in [0, 0.1) is 5.41 Å². The second kappa shape index (κ2) is 11.2. The van der Waals surface area contributed by atoms with E-state index in [0.29, 0.717) is 0 Å². The normalized spacial score (nSPS) is 16.3. The third kappa shape index (κ3) is 9.62. The lowest BCUT2D eigenvalue weighted by atomic mass is 10.4. The summed E-state index contributed by atoms with van der Waals surface area (Å²) in [5.41, 5.74) is 5.22. The van der Waals surface area contributed by atoms with Crippen molar-refractivity contribution in [1.29, 1.82) is 5.41 Å². The minimum atomic E-state index is 0. The van der Waals surface area contributed by atoms with Crippen LogP contribution in [0.2, 0.25) is 0 Å². The van der Waals surface area contributed by atoms with E-state index in [-0.39, 0.29) is 39.1 Å². The Labute approximate surface area is 116 Å². The van der Waals surface area contributed by atoms with Gasteiger partial charge in [0.15, 0.2) is 5.17 Å².